The maximum atomic E-state index is 13.8. The summed E-state index contributed by atoms with van der Waals surface area (Å²) >= 11 is 6.41. The molecule has 6 heterocycles. The molecule has 9 rings (SSSR count). The minimum atomic E-state index is -0.715. The summed E-state index contributed by atoms with van der Waals surface area (Å²) in [5.41, 5.74) is 8.72. The molecule has 3 aliphatic heterocycles. The summed E-state index contributed by atoms with van der Waals surface area (Å²) in [5.74, 6) is 2.45. The largest absolute Gasteiger partial charge is 0.480 e. The number of alkyl carbamates (subject to hydrolysis) is 1. The molecule has 3 aromatic heterocycles. The highest BCUT2D eigenvalue weighted by molar-refractivity contribution is 6.30. The van der Waals surface area contributed by atoms with Crippen LogP contribution in [0.15, 0.2) is 73.1 Å². The van der Waals surface area contributed by atoms with Gasteiger partial charge in [0.1, 0.15) is 23.4 Å². The molecule has 2 fully saturated rings. The number of carbonyl (C=O) groups is 3. The first kappa shape index (κ1) is 41.3. The number of rotatable bonds is 10. The Labute approximate surface area is 366 Å². The Morgan fingerprint density at radius 2 is 1.50 bits per heavy atom. The van der Waals surface area contributed by atoms with E-state index in [1.807, 2.05) is 60.3 Å². The molecule has 13 nitrogen and oxygen atoms in total. The van der Waals surface area contributed by atoms with Crippen LogP contribution in [0.3, 0.4) is 0 Å². The first-order valence-corrected chi connectivity index (χ1v) is 22.0. The number of likely N-dealkylation sites (tertiary alicyclic amines) is 2. The van der Waals surface area contributed by atoms with Crippen molar-refractivity contribution in [3.63, 3.8) is 0 Å². The summed E-state index contributed by atoms with van der Waals surface area (Å²) in [4.78, 5) is 59.5. The number of nitrogens with one attached hydrogen (secondary N) is 3. The number of imidazole rings is 2. The van der Waals surface area contributed by atoms with E-state index in [0.29, 0.717) is 29.7 Å². The van der Waals surface area contributed by atoms with Gasteiger partial charge in [-0.25, -0.2) is 14.8 Å². The highest BCUT2D eigenvalue weighted by Gasteiger charge is 2.38. The van der Waals surface area contributed by atoms with E-state index in [9.17, 15) is 14.4 Å². The van der Waals surface area contributed by atoms with Gasteiger partial charge in [0.25, 0.3) is 0 Å². The molecule has 3 N–H and O–H groups in total. The van der Waals surface area contributed by atoms with Crippen molar-refractivity contribution in [3.8, 4) is 39.5 Å². The maximum Gasteiger partial charge on any atom is 0.407 e. The lowest BCUT2D eigenvalue weighted by atomic mass is 9.91. The van der Waals surface area contributed by atoms with Gasteiger partial charge in [-0.15, -0.1) is 0 Å². The number of methoxy groups -OCH3 is 1. The van der Waals surface area contributed by atoms with Crippen LogP contribution in [-0.4, -0.2) is 78.5 Å². The molecule has 62 heavy (non-hydrogen) atoms. The molecule has 3 aliphatic rings. The highest BCUT2D eigenvalue weighted by Crippen LogP contribution is 2.50. The summed E-state index contributed by atoms with van der Waals surface area (Å²) in [6, 6.07) is 19.5. The van der Waals surface area contributed by atoms with Crippen LogP contribution in [0.25, 0.3) is 44.7 Å². The fraction of sp³-hybridized carbons (Fsp3) is 0.396. The predicted octanol–water partition coefficient (Wildman–Crippen LogP) is 9.51. The van der Waals surface area contributed by atoms with Crippen molar-refractivity contribution < 1.29 is 23.9 Å². The van der Waals surface area contributed by atoms with Crippen molar-refractivity contribution in [3.05, 3.63) is 101 Å². The topological polar surface area (TPSA) is 150 Å². The molecule has 0 saturated carbocycles. The van der Waals surface area contributed by atoms with Gasteiger partial charge >= 0.3 is 6.09 Å². The normalized spacial score (nSPS) is 18.9. The predicted molar refractivity (Wildman–Crippen MR) is 238 cm³/mol. The molecule has 2 saturated heterocycles. The van der Waals surface area contributed by atoms with Crippen LogP contribution in [0.5, 0.6) is 5.75 Å². The number of hydrogen-bond acceptors (Lipinski definition) is 7. The van der Waals surface area contributed by atoms with Crippen LogP contribution >= 0.6 is 11.6 Å². The van der Waals surface area contributed by atoms with E-state index in [1.54, 1.807) is 0 Å². The molecular formula is C48H53ClN8O5. The fourth-order valence-electron chi connectivity index (χ4n) is 9.59. The average Bonchev–Trinajstić information content (AvgIpc) is 4.12. The van der Waals surface area contributed by atoms with Gasteiger partial charge < -0.3 is 39.1 Å². The average molecular weight is 857 g/mol. The summed E-state index contributed by atoms with van der Waals surface area (Å²) < 4.78 is 14.1. The number of ether oxygens (including phenoxy) is 2. The Morgan fingerprint density at radius 1 is 0.871 bits per heavy atom. The quantitative estimate of drug-likeness (QED) is 0.124. The number of aromatic amines is 2. The maximum absolute atomic E-state index is 13.8. The van der Waals surface area contributed by atoms with Crippen LogP contribution in [-0.2, 0) is 21.4 Å². The third kappa shape index (κ3) is 7.50. The summed E-state index contributed by atoms with van der Waals surface area (Å²) in [7, 11) is 3.39. The van der Waals surface area contributed by atoms with Crippen molar-refractivity contribution >= 4 is 40.4 Å². The van der Waals surface area contributed by atoms with Crippen LogP contribution in [0.2, 0.25) is 5.02 Å². The van der Waals surface area contributed by atoms with Crippen LogP contribution in [0.1, 0.15) is 101 Å². The van der Waals surface area contributed by atoms with Gasteiger partial charge in [-0.3, -0.25) is 9.59 Å². The van der Waals surface area contributed by atoms with Crippen molar-refractivity contribution in [1.82, 2.24) is 39.6 Å². The number of nitrogens with zero attached hydrogens (tertiary/aromatic N) is 5. The van der Waals surface area contributed by atoms with Gasteiger partial charge in [-0.2, -0.15) is 0 Å². The van der Waals surface area contributed by atoms with Crippen molar-refractivity contribution in [2.45, 2.75) is 84.0 Å². The van der Waals surface area contributed by atoms with Crippen molar-refractivity contribution in [2.75, 3.05) is 20.2 Å². The monoisotopic (exact) mass is 856 g/mol. The van der Waals surface area contributed by atoms with Gasteiger partial charge in [0, 0.05) is 64.7 Å². The number of amides is 3. The van der Waals surface area contributed by atoms with E-state index in [2.05, 4.69) is 77.1 Å². The number of aryl methyl sites for hydroxylation is 1. The molecule has 0 spiro atoms. The second-order valence-corrected chi connectivity index (χ2v) is 18.0. The van der Waals surface area contributed by atoms with E-state index in [4.69, 9.17) is 31.0 Å². The van der Waals surface area contributed by atoms with Crippen LogP contribution in [0, 0.1) is 11.8 Å². The number of hydrogen-bond donors (Lipinski definition) is 3. The lowest BCUT2D eigenvalue weighted by molar-refractivity contribution is -0.135. The van der Waals surface area contributed by atoms with Gasteiger partial charge in [0.05, 0.1) is 48.7 Å². The van der Waals surface area contributed by atoms with Gasteiger partial charge in [0.2, 0.25) is 11.8 Å². The minimum absolute atomic E-state index is 0.0541. The number of halogens is 1. The lowest BCUT2D eigenvalue weighted by Gasteiger charge is -2.30. The number of aromatic nitrogens is 5. The Kier molecular flexibility index (Phi) is 11.1. The second kappa shape index (κ2) is 16.7. The van der Waals surface area contributed by atoms with Crippen molar-refractivity contribution in [1.29, 1.82) is 0 Å². The third-order valence-corrected chi connectivity index (χ3v) is 12.9. The van der Waals surface area contributed by atoms with Crippen molar-refractivity contribution in [2.24, 2.45) is 18.9 Å². The zero-order chi connectivity index (χ0) is 43.4. The van der Waals surface area contributed by atoms with Crippen LogP contribution < -0.4 is 10.1 Å². The third-order valence-electron chi connectivity index (χ3n) is 12.7. The molecule has 6 aromatic rings. The van der Waals surface area contributed by atoms with E-state index in [0.717, 1.165) is 99.6 Å². The highest BCUT2D eigenvalue weighted by atomic mass is 35.5. The van der Waals surface area contributed by atoms with E-state index < -0.39 is 18.2 Å². The smallest absolute Gasteiger partial charge is 0.407 e. The number of fused-ring (bicyclic) bond motifs is 5. The van der Waals surface area contributed by atoms with Gasteiger partial charge in [-0.05, 0) is 79.5 Å². The molecule has 0 bridgehead atoms. The lowest BCUT2D eigenvalue weighted by Crippen LogP contribution is -2.51. The summed E-state index contributed by atoms with van der Waals surface area (Å²) in [6.45, 7) is 9.30. The molecular weight excluding hydrogens is 804 g/mol. The zero-order valence-corrected chi connectivity index (χ0v) is 36.8. The van der Waals surface area contributed by atoms with E-state index in [1.165, 1.54) is 7.11 Å². The Bertz CT molecular complexity index is 2660. The molecule has 0 aliphatic carbocycles. The van der Waals surface area contributed by atoms with E-state index in [-0.39, 0.29) is 29.8 Å². The second-order valence-electron chi connectivity index (χ2n) is 17.6. The molecule has 14 heteroatoms. The summed E-state index contributed by atoms with van der Waals surface area (Å²) in [6.07, 6.45) is 6.58. The number of benzene rings is 3. The Hall–Kier alpha value is -6.08. The molecule has 4 atom stereocenters. The Morgan fingerprint density at radius 3 is 2.15 bits per heavy atom. The van der Waals surface area contributed by atoms with Gasteiger partial charge in [0.15, 0.2) is 6.10 Å². The van der Waals surface area contributed by atoms with E-state index >= 15 is 0 Å². The number of H-pyrrole nitrogens is 2. The standard InChI is InChI=1S/C48H53ClN8O5/c1-26(2)21-40(58)56-19-7-9-37(56)45-50-24-34(52-45)29-14-18-36-33(22-29)41-43(55(36)5)32-17-13-30(23-39(32)62-44(41)28-11-15-31(49)16-12-28)35-25-51-46(53-35)38-10-8-20-57(38)47(59)42(27(3)4)54-48(60)61-6/h11-18,22-27,37-38,42,44H,7-10,19-21H2,1-6H3,(H,50,52)(H,51,53)(H,54,60). The molecule has 0 radical (unpaired) electrons. The molecule has 3 amide bonds. The molecule has 3 aromatic carbocycles. The molecule has 4 unspecified atom stereocenters. The van der Waals surface area contributed by atoms with Crippen LogP contribution in [0.4, 0.5) is 4.79 Å². The summed E-state index contributed by atoms with van der Waals surface area (Å²) in [5, 5.41) is 4.43. The zero-order valence-electron chi connectivity index (χ0n) is 36.0. The Balaban J connectivity index is 1.05. The fourth-order valence-corrected chi connectivity index (χ4v) is 9.71. The first-order valence-electron chi connectivity index (χ1n) is 21.6. The first-order chi connectivity index (χ1) is 29.9. The minimum Gasteiger partial charge on any atom is -0.480 e. The molecule has 322 valence electrons. The van der Waals surface area contributed by atoms with Gasteiger partial charge in [-0.1, -0.05) is 63.6 Å². The SMILES string of the molecule is COC(=O)NC(C(=O)N1CCCC1c1ncc(-c2ccc3c(c2)OC(c2ccc(Cl)cc2)c2c-3n(C)c3ccc(-c4cnc(C5CCCN5C(=O)CC(C)C)[nH]4)cc23)[nH]1)C(C)C. The number of carbonyl (C=O) groups excluding carboxylic acids is 3.